The third kappa shape index (κ3) is 4.81. The van der Waals surface area contributed by atoms with Gasteiger partial charge in [-0.15, -0.1) is 11.3 Å². The summed E-state index contributed by atoms with van der Waals surface area (Å²) < 4.78 is 0. The summed E-state index contributed by atoms with van der Waals surface area (Å²) in [5, 5.41) is 10.5. The molecule has 0 radical (unpaired) electrons. The number of carbonyl (C=O) groups is 2. The normalized spacial score (nSPS) is 10.2. The van der Waals surface area contributed by atoms with Crippen LogP contribution in [0.4, 0.5) is 21.3 Å². The van der Waals surface area contributed by atoms with E-state index in [4.69, 9.17) is 11.6 Å². The molecule has 0 saturated heterocycles. The van der Waals surface area contributed by atoms with Crippen molar-refractivity contribution in [3.8, 4) is 0 Å². The Bertz CT molecular complexity index is 923. The molecular weight excluding hydrogens is 372 g/mol. The number of aryl methyl sites for hydroxylation is 1. The van der Waals surface area contributed by atoms with Crippen LogP contribution in [0.15, 0.2) is 53.9 Å². The second-order valence-corrected chi connectivity index (χ2v) is 6.74. The molecule has 0 aliphatic carbocycles. The average molecular weight is 387 g/mol. The van der Waals surface area contributed by atoms with Crippen LogP contribution in [-0.4, -0.2) is 16.9 Å². The van der Waals surface area contributed by atoms with E-state index in [0.717, 1.165) is 5.56 Å². The van der Waals surface area contributed by atoms with E-state index in [1.165, 1.54) is 11.3 Å². The van der Waals surface area contributed by atoms with E-state index >= 15 is 0 Å². The van der Waals surface area contributed by atoms with Crippen molar-refractivity contribution < 1.29 is 9.59 Å². The van der Waals surface area contributed by atoms with Crippen molar-refractivity contribution in [3.05, 3.63) is 70.2 Å². The number of urea groups is 1. The molecule has 0 unspecified atom stereocenters. The summed E-state index contributed by atoms with van der Waals surface area (Å²) in [6.45, 7) is 1.97. The zero-order valence-corrected chi connectivity index (χ0v) is 15.3. The topological polar surface area (TPSA) is 83.1 Å². The number of nitrogens with zero attached hydrogens (tertiary/aromatic N) is 1. The van der Waals surface area contributed by atoms with Crippen LogP contribution in [0.1, 0.15) is 16.1 Å². The van der Waals surface area contributed by atoms with Crippen molar-refractivity contribution in [2.24, 2.45) is 0 Å². The molecule has 0 atom stereocenters. The van der Waals surface area contributed by atoms with Crippen LogP contribution < -0.4 is 16.0 Å². The molecule has 6 nitrogen and oxygen atoms in total. The minimum atomic E-state index is -0.452. The van der Waals surface area contributed by atoms with Gasteiger partial charge in [-0.1, -0.05) is 29.3 Å². The number of thiazole rings is 1. The molecule has 3 N–H and O–H groups in total. The Kier molecular flexibility index (Phi) is 5.50. The number of benzene rings is 2. The van der Waals surface area contributed by atoms with E-state index in [9.17, 15) is 9.59 Å². The molecule has 3 rings (SSSR count). The zero-order chi connectivity index (χ0) is 18.5. The van der Waals surface area contributed by atoms with Crippen molar-refractivity contribution in [1.82, 2.24) is 4.98 Å². The summed E-state index contributed by atoms with van der Waals surface area (Å²) in [5.41, 5.74) is 2.62. The van der Waals surface area contributed by atoms with Gasteiger partial charge in [-0.25, -0.2) is 9.78 Å². The van der Waals surface area contributed by atoms with Gasteiger partial charge in [0.15, 0.2) is 5.13 Å². The third-order valence-corrected chi connectivity index (χ3v) is 4.38. The molecular formula is C18H15ClN4O2S. The van der Waals surface area contributed by atoms with Crippen molar-refractivity contribution in [1.29, 1.82) is 0 Å². The Morgan fingerprint density at radius 1 is 0.923 bits per heavy atom. The Hall–Kier alpha value is -2.90. The lowest BCUT2D eigenvalue weighted by atomic mass is 10.2. The molecule has 1 heterocycles. The number of hydrogen-bond acceptors (Lipinski definition) is 4. The fourth-order valence-electron chi connectivity index (χ4n) is 2.06. The lowest BCUT2D eigenvalue weighted by Gasteiger charge is -2.05. The first kappa shape index (κ1) is 17.9. The van der Waals surface area contributed by atoms with Crippen LogP contribution in [0.2, 0.25) is 5.02 Å². The molecule has 8 heteroatoms. The third-order valence-electron chi connectivity index (χ3n) is 3.37. The van der Waals surface area contributed by atoms with Crippen LogP contribution in [-0.2, 0) is 0 Å². The predicted molar refractivity (Wildman–Crippen MR) is 105 cm³/mol. The van der Waals surface area contributed by atoms with E-state index in [2.05, 4.69) is 20.9 Å². The Morgan fingerprint density at radius 2 is 1.54 bits per heavy atom. The smallest absolute Gasteiger partial charge is 0.321 e. The number of halogens is 1. The highest BCUT2D eigenvalue weighted by Gasteiger charge is 2.13. The van der Waals surface area contributed by atoms with Gasteiger partial charge < -0.3 is 10.6 Å². The number of aromatic nitrogens is 1. The molecule has 1 aromatic heterocycles. The minimum Gasteiger partial charge on any atom is -0.321 e. The highest BCUT2D eigenvalue weighted by atomic mass is 35.5. The first-order chi connectivity index (χ1) is 12.5. The van der Waals surface area contributed by atoms with Crippen molar-refractivity contribution in [2.45, 2.75) is 6.92 Å². The van der Waals surface area contributed by atoms with Crippen LogP contribution in [0.5, 0.6) is 0 Å². The first-order valence-electron chi connectivity index (χ1n) is 7.67. The molecule has 0 fully saturated rings. The number of rotatable bonds is 4. The lowest BCUT2D eigenvalue weighted by molar-refractivity contribution is 0.102. The summed E-state index contributed by atoms with van der Waals surface area (Å²) in [6, 6.07) is 13.7. The monoisotopic (exact) mass is 386 g/mol. The van der Waals surface area contributed by atoms with Crippen molar-refractivity contribution in [2.75, 3.05) is 16.0 Å². The highest BCUT2D eigenvalue weighted by Crippen LogP contribution is 2.18. The number of hydrogen-bond donors (Lipinski definition) is 3. The number of carbonyl (C=O) groups excluding carboxylic acids is 2. The summed E-state index contributed by atoms with van der Waals surface area (Å²) in [5.74, 6) is -0.337. The van der Waals surface area contributed by atoms with E-state index in [-0.39, 0.29) is 11.6 Å². The standard InChI is InChI=1S/C18H15ClN4O2S/c1-11-2-6-13(7-3-11)20-16(24)15-10-26-18(22-15)23-17(25)21-14-8-4-12(19)5-9-14/h2-10H,1H3,(H,20,24)(H2,21,22,23,25). The SMILES string of the molecule is Cc1ccc(NC(=O)c2csc(NC(=O)Nc3ccc(Cl)cc3)n2)cc1. The summed E-state index contributed by atoms with van der Waals surface area (Å²) >= 11 is 6.97. The van der Waals surface area contributed by atoms with Crippen molar-refractivity contribution >= 4 is 51.4 Å². The Balaban J connectivity index is 1.58. The summed E-state index contributed by atoms with van der Waals surface area (Å²) in [7, 11) is 0. The van der Waals surface area contributed by atoms with Crippen LogP contribution in [0, 0.1) is 6.92 Å². The summed E-state index contributed by atoms with van der Waals surface area (Å²) in [6.07, 6.45) is 0. The number of nitrogens with one attached hydrogen (secondary N) is 3. The van der Waals surface area contributed by atoms with Gasteiger partial charge in [0.1, 0.15) is 5.69 Å². The zero-order valence-electron chi connectivity index (χ0n) is 13.7. The van der Waals surface area contributed by atoms with Gasteiger partial charge >= 0.3 is 6.03 Å². The molecule has 26 heavy (non-hydrogen) atoms. The van der Waals surface area contributed by atoms with Crippen LogP contribution in [0.3, 0.4) is 0 Å². The molecule has 3 amide bonds. The molecule has 0 spiro atoms. The van der Waals surface area contributed by atoms with E-state index in [1.807, 2.05) is 31.2 Å². The quantitative estimate of drug-likeness (QED) is 0.589. The molecule has 2 aromatic carbocycles. The maximum atomic E-state index is 12.2. The fourth-order valence-corrected chi connectivity index (χ4v) is 2.87. The molecule has 0 saturated carbocycles. The maximum absolute atomic E-state index is 12.2. The summed E-state index contributed by atoms with van der Waals surface area (Å²) in [4.78, 5) is 28.3. The average Bonchev–Trinajstić information content (AvgIpc) is 3.07. The molecule has 0 aliphatic rings. The van der Waals surface area contributed by atoms with E-state index in [1.54, 1.807) is 29.6 Å². The predicted octanol–water partition coefficient (Wildman–Crippen LogP) is 5.00. The van der Waals surface area contributed by atoms with E-state index in [0.29, 0.717) is 21.5 Å². The number of anilines is 3. The minimum absolute atomic E-state index is 0.234. The molecule has 0 aliphatic heterocycles. The van der Waals surface area contributed by atoms with E-state index < -0.39 is 6.03 Å². The highest BCUT2D eigenvalue weighted by molar-refractivity contribution is 7.14. The molecule has 3 aromatic rings. The Morgan fingerprint density at radius 3 is 2.23 bits per heavy atom. The van der Waals surface area contributed by atoms with Gasteiger partial charge in [-0.2, -0.15) is 0 Å². The Labute approximate surface area is 159 Å². The maximum Gasteiger partial charge on any atom is 0.325 e. The molecule has 0 bridgehead atoms. The van der Waals surface area contributed by atoms with Gasteiger partial charge in [-0.05, 0) is 43.3 Å². The lowest BCUT2D eigenvalue weighted by Crippen LogP contribution is -2.19. The second kappa shape index (κ2) is 7.99. The first-order valence-corrected chi connectivity index (χ1v) is 8.92. The fraction of sp³-hybridized carbons (Fsp3) is 0.0556. The second-order valence-electron chi connectivity index (χ2n) is 5.44. The van der Waals surface area contributed by atoms with Crippen LogP contribution >= 0.6 is 22.9 Å². The van der Waals surface area contributed by atoms with Gasteiger partial charge in [-0.3, -0.25) is 10.1 Å². The van der Waals surface area contributed by atoms with Gasteiger partial charge in [0.2, 0.25) is 0 Å². The largest absolute Gasteiger partial charge is 0.325 e. The van der Waals surface area contributed by atoms with Gasteiger partial charge in [0, 0.05) is 21.8 Å². The van der Waals surface area contributed by atoms with Crippen LogP contribution in [0.25, 0.3) is 0 Å². The molecule has 132 valence electrons. The van der Waals surface area contributed by atoms with Crippen molar-refractivity contribution in [3.63, 3.8) is 0 Å². The van der Waals surface area contributed by atoms with Gasteiger partial charge in [0.05, 0.1) is 0 Å². The van der Waals surface area contributed by atoms with Gasteiger partial charge in [0.25, 0.3) is 5.91 Å². The number of amides is 3.